The van der Waals surface area contributed by atoms with Gasteiger partial charge >= 0.3 is 5.97 Å². The molecule has 0 saturated heterocycles. The lowest BCUT2D eigenvalue weighted by Crippen LogP contribution is -3.03. The van der Waals surface area contributed by atoms with Gasteiger partial charge in [-0.05, 0) is 45.6 Å². The smallest absolute Gasteiger partial charge is 0.309 e. The minimum atomic E-state index is -0.400. The number of amides is 1. The summed E-state index contributed by atoms with van der Waals surface area (Å²) in [6.07, 6.45) is 1.60. The maximum atomic E-state index is 12.2. The molecule has 0 radical (unpaired) electrons. The maximum absolute atomic E-state index is 12.2. The van der Waals surface area contributed by atoms with Gasteiger partial charge in [0, 0.05) is 6.42 Å². The second kappa shape index (κ2) is 6.36. The van der Waals surface area contributed by atoms with Gasteiger partial charge in [-0.1, -0.05) is 6.92 Å². The average Bonchev–Trinajstić information content (AvgIpc) is 3.14. The molecule has 1 fully saturated rings. The number of hydrogen-bond acceptors (Lipinski definition) is 5. The van der Waals surface area contributed by atoms with Crippen molar-refractivity contribution in [3.8, 4) is 6.07 Å². The molecule has 1 amide bonds. The van der Waals surface area contributed by atoms with Crippen molar-refractivity contribution in [2.75, 3.05) is 11.9 Å². The zero-order valence-electron chi connectivity index (χ0n) is 15.9. The molecule has 1 saturated carbocycles. The highest BCUT2D eigenvalue weighted by molar-refractivity contribution is 7.16. The predicted molar refractivity (Wildman–Crippen MR) is 98.6 cm³/mol. The van der Waals surface area contributed by atoms with Crippen LogP contribution >= 0.6 is 11.3 Å². The molecule has 1 aliphatic heterocycles. The van der Waals surface area contributed by atoms with E-state index >= 15 is 0 Å². The third-order valence-corrected chi connectivity index (χ3v) is 6.59. The van der Waals surface area contributed by atoms with E-state index in [1.807, 2.05) is 6.92 Å². The van der Waals surface area contributed by atoms with Gasteiger partial charge in [-0.15, -0.1) is 11.3 Å². The number of anilines is 1. The summed E-state index contributed by atoms with van der Waals surface area (Å²) in [5.41, 5.74) is 1.38. The zero-order chi connectivity index (χ0) is 19.3. The van der Waals surface area contributed by atoms with E-state index in [9.17, 15) is 14.9 Å². The van der Waals surface area contributed by atoms with Crippen LogP contribution in [0.2, 0.25) is 0 Å². The molecule has 3 N–H and O–H groups in total. The van der Waals surface area contributed by atoms with Gasteiger partial charge in [0.05, 0.1) is 21.9 Å². The standard InChI is InChI=1S/C19H25N3O3S/c1-10-6-11(10)17(24)25-9-14(23)21-16-13(8-20)12-7-18(2,3)22-19(4,5)15(12)26-16/h10-11,22H,6-7,9H2,1-5H3,(H,21,23)/p+1/t10-,11+/m0/s1. The van der Waals surface area contributed by atoms with Gasteiger partial charge < -0.3 is 15.4 Å². The van der Waals surface area contributed by atoms with Crippen molar-refractivity contribution in [1.82, 2.24) is 0 Å². The van der Waals surface area contributed by atoms with Crippen LogP contribution < -0.4 is 10.6 Å². The third-order valence-electron chi connectivity index (χ3n) is 5.10. The lowest BCUT2D eigenvalue weighted by molar-refractivity contribution is -0.789. The molecular formula is C19H26N3O3S+. The van der Waals surface area contributed by atoms with Crippen molar-refractivity contribution in [3.05, 3.63) is 16.0 Å². The number of carbonyl (C=O) groups excluding carboxylic acids is 2. The minimum Gasteiger partial charge on any atom is -0.455 e. The molecule has 6 nitrogen and oxygen atoms in total. The fourth-order valence-electron chi connectivity index (χ4n) is 3.97. The fraction of sp³-hybridized carbons (Fsp3) is 0.632. The first-order valence-electron chi connectivity index (χ1n) is 8.94. The summed E-state index contributed by atoms with van der Waals surface area (Å²) in [7, 11) is 0. The molecule has 26 heavy (non-hydrogen) atoms. The maximum Gasteiger partial charge on any atom is 0.309 e. The van der Waals surface area contributed by atoms with Gasteiger partial charge in [-0.25, -0.2) is 0 Å². The SMILES string of the molecule is C[C@H]1C[C@H]1C(=O)OCC(=O)Nc1sc2c(c1C#N)CC(C)(C)[NH2+]C2(C)C. The highest BCUT2D eigenvalue weighted by atomic mass is 32.1. The molecule has 2 atom stereocenters. The lowest BCUT2D eigenvalue weighted by atomic mass is 9.81. The summed E-state index contributed by atoms with van der Waals surface area (Å²) in [5.74, 6) is -0.425. The Labute approximate surface area is 157 Å². The van der Waals surface area contributed by atoms with Gasteiger partial charge in [0.15, 0.2) is 6.61 Å². The Morgan fingerprint density at radius 3 is 2.62 bits per heavy atom. The second-order valence-electron chi connectivity index (χ2n) is 8.73. The number of hydrogen-bond donors (Lipinski definition) is 2. The molecule has 0 bridgehead atoms. The summed E-state index contributed by atoms with van der Waals surface area (Å²) in [4.78, 5) is 25.1. The Kier molecular flexibility index (Phi) is 4.62. The highest BCUT2D eigenvalue weighted by Crippen LogP contribution is 2.42. The number of nitrogens with two attached hydrogens (primary N) is 1. The van der Waals surface area contributed by atoms with Crippen molar-refractivity contribution in [3.63, 3.8) is 0 Å². The number of fused-ring (bicyclic) bond motifs is 1. The molecular weight excluding hydrogens is 350 g/mol. The monoisotopic (exact) mass is 376 g/mol. The quantitative estimate of drug-likeness (QED) is 0.785. The first-order valence-corrected chi connectivity index (χ1v) is 9.75. The summed E-state index contributed by atoms with van der Waals surface area (Å²) in [6.45, 7) is 10.3. The number of ether oxygens (including phenoxy) is 1. The number of esters is 1. The van der Waals surface area contributed by atoms with Crippen molar-refractivity contribution < 1.29 is 19.6 Å². The van der Waals surface area contributed by atoms with Crippen molar-refractivity contribution in [2.24, 2.45) is 11.8 Å². The van der Waals surface area contributed by atoms with E-state index in [1.165, 1.54) is 11.3 Å². The van der Waals surface area contributed by atoms with Gasteiger partial charge in [-0.3, -0.25) is 9.59 Å². The van der Waals surface area contributed by atoms with E-state index in [-0.39, 0.29) is 29.6 Å². The summed E-state index contributed by atoms with van der Waals surface area (Å²) >= 11 is 1.45. The average molecular weight is 377 g/mol. The molecule has 1 aliphatic carbocycles. The summed E-state index contributed by atoms with van der Waals surface area (Å²) < 4.78 is 5.08. The summed E-state index contributed by atoms with van der Waals surface area (Å²) in [6, 6.07) is 2.26. The molecule has 0 aromatic carbocycles. The number of quaternary nitrogens is 1. The molecule has 140 valence electrons. The molecule has 1 aromatic rings. The first kappa shape index (κ1) is 18.9. The van der Waals surface area contributed by atoms with Crippen LogP contribution in [0.5, 0.6) is 0 Å². The molecule has 2 aliphatic rings. The largest absolute Gasteiger partial charge is 0.455 e. The van der Waals surface area contributed by atoms with Crippen LogP contribution in [0.15, 0.2) is 0 Å². The normalized spacial score (nSPS) is 24.9. The number of nitrogens with zero attached hydrogens (tertiary/aromatic N) is 1. The van der Waals surface area contributed by atoms with E-state index in [1.54, 1.807) is 0 Å². The zero-order valence-corrected chi connectivity index (χ0v) is 16.8. The molecule has 1 aromatic heterocycles. The van der Waals surface area contributed by atoms with Crippen LogP contribution in [-0.2, 0) is 26.3 Å². The van der Waals surface area contributed by atoms with E-state index < -0.39 is 5.91 Å². The number of nitriles is 1. The van der Waals surface area contributed by atoms with Gasteiger partial charge in [-0.2, -0.15) is 5.26 Å². The number of rotatable bonds is 4. The van der Waals surface area contributed by atoms with Crippen LogP contribution in [0.25, 0.3) is 0 Å². The topological polar surface area (TPSA) is 95.8 Å². The van der Waals surface area contributed by atoms with Crippen molar-refractivity contribution in [1.29, 1.82) is 5.26 Å². The van der Waals surface area contributed by atoms with Crippen molar-refractivity contribution in [2.45, 2.75) is 58.5 Å². The van der Waals surface area contributed by atoms with E-state index in [0.29, 0.717) is 16.5 Å². The molecule has 0 unspecified atom stereocenters. The van der Waals surface area contributed by atoms with Gasteiger partial charge in [0.25, 0.3) is 5.91 Å². The Hall–Kier alpha value is -1.91. The number of thiophene rings is 1. The summed E-state index contributed by atoms with van der Waals surface area (Å²) in [5, 5.41) is 15.3. The Morgan fingerprint density at radius 1 is 1.38 bits per heavy atom. The fourth-order valence-corrected chi connectivity index (χ4v) is 5.23. The molecule has 7 heteroatoms. The highest BCUT2D eigenvalue weighted by Gasteiger charge is 2.44. The lowest BCUT2D eigenvalue weighted by Gasteiger charge is -2.38. The molecule has 3 rings (SSSR count). The third kappa shape index (κ3) is 3.62. The molecule has 0 spiro atoms. The minimum absolute atomic E-state index is 0.0130. The Morgan fingerprint density at radius 2 is 2.04 bits per heavy atom. The number of carbonyl (C=O) groups is 2. The van der Waals surface area contributed by atoms with E-state index in [0.717, 1.165) is 23.3 Å². The van der Waals surface area contributed by atoms with Crippen LogP contribution in [0, 0.1) is 23.2 Å². The van der Waals surface area contributed by atoms with Crippen molar-refractivity contribution >= 4 is 28.2 Å². The first-order chi connectivity index (χ1) is 12.0. The Balaban J connectivity index is 1.75. The van der Waals surface area contributed by atoms with E-state index in [4.69, 9.17) is 4.74 Å². The van der Waals surface area contributed by atoms with E-state index in [2.05, 4.69) is 44.4 Å². The van der Waals surface area contributed by atoms with Crippen LogP contribution in [0.3, 0.4) is 0 Å². The van der Waals surface area contributed by atoms with Gasteiger partial charge in [0.1, 0.15) is 16.6 Å². The van der Waals surface area contributed by atoms with Crippen LogP contribution in [0.1, 0.15) is 57.0 Å². The number of nitrogens with one attached hydrogen (secondary N) is 1. The van der Waals surface area contributed by atoms with Crippen LogP contribution in [-0.4, -0.2) is 24.0 Å². The molecule has 2 heterocycles. The van der Waals surface area contributed by atoms with Gasteiger partial charge in [0.2, 0.25) is 0 Å². The predicted octanol–water partition coefficient (Wildman–Crippen LogP) is 1.89. The second-order valence-corrected chi connectivity index (χ2v) is 9.75. The Bertz CT molecular complexity index is 804. The van der Waals surface area contributed by atoms with Crippen LogP contribution in [0.4, 0.5) is 5.00 Å².